The van der Waals surface area contributed by atoms with Crippen molar-refractivity contribution in [3.63, 3.8) is 0 Å². The van der Waals surface area contributed by atoms with Gasteiger partial charge in [0.25, 0.3) is 0 Å². The summed E-state index contributed by atoms with van der Waals surface area (Å²) in [5.74, 6) is 1.05. The van der Waals surface area contributed by atoms with Crippen molar-refractivity contribution >= 4 is 34.6 Å². The molecule has 114 valence electrons. The van der Waals surface area contributed by atoms with E-state index in [-0.39, 0.29) is 0 Å². The van der Waals surface area contributed by atoms with E-state index in [0.29, 0.717) is 11.8 Å². The van der Waals surface area contributed by atoms with E-state index in [1.807, 2.05) is 0 Å². The highest BCUT2D eigenvalue weighted by Crippen LogP contribution is 2.32. The summed E-state index contributed by atoms with van der Waals surface area (Å²) in [6.07, 6.45) is 2.23. The van der Waals surface area contributed by atoms with Crippen LogP contribution < -0.4 is 9.80 Å². The van der Waals surface area contributed by atoms with Crippen LogP contribution in [-0.2, 0) is 11.8 Å². The number of nitrogens with zero attached hydrogens (tertiary/aromatic N) is 2. The lowest BCUT2D eigenvalue weighted by Gasteiger charge is -2.27. The molecular formula is C16H26Cl2N2. The molecule has 0 spiro atoms. The summed E-state index contributed by atoms with van der Waals surface area (Å²) >= 11 is 12.3. The van der Waals surface area contributed by atoms with Gasteiger partial charge in [0.15, 0.2) is 0 Å². The van der Waals surface area contributed by atoms with Crippen LogP contribution >= 0.6 is 23.2 Å². The van der Waals surface area contributed by atoms with Gasteiger partial charge in [-0.05, 0) is 36.1 Å². The summed E-state index contributed by atoms with van der Waals surface area (Å²) in [6, 6.07) is 4.39. The molecule has 1 aromatic carbocycles. The lowest BCUT2D eigenvalue weighted by Crippen LogP contribution is -2.22. The summed E-state index contributed by atoms with van der Waals surface area (Å²) in [6.45, 7) is 6.41. The van der Waals surface area contributed by atoms with E-state index in [1.54, 1.807) is 0 Å². The largest absolute Gasteiger partial charge is 0.374 e. The Bertz CT molecular complexity index is 381. The molecule has 0 fully saturated rings. The van der Waals surface area contributed by atoms with E-state index in [4.69, 9.17) is 23.2 Å². The average Bonchev–Trinajstić information content (AvgIpc) is 2.46. The third kappa shape index (κ3) is 4.20. The predicted molar refractivity (Wildman–Crippen MR) is 92.7 cm³/mol. The van der Waals surface area contributed by atoms with Crippen molar-refractivity contribution in [2.75, 3.05) is 37.0 Å². The second-order valence-electron chi connectivity index (χ2n) is 5.22. The summed E-state index contributed by atoms with van der Waals surface area (Å²) in [5, 5.41) is 0. The smallest absolute Gasteiger partial charge is 0.0495 e. The first kappa shape index (κ1) is 17.5. The topological polar surface area (TPSA) is 6.48 Å². The number of halogens is 2. The third-order valence-corrected chi connectivity index (χ3v) is 4.08. The minimum atomic E-state index is 0.527. The number of benzene rings is 1. The zero-order chi connectivity index (χ0) is 15.1. The minimum Gasteiger partial charge on any atom is -0.374 e. The number of rotatable bonds is 8. The van der Waals surface area contributed by atoms with Crippen molar-refractivity contribution in [1.82, 2.24) is 0 Å². The highest BCUT2D eigenvalue weighted by molar-refractivity contribution is 6.18. The standard InChI is InChI=1S/C16H26Cl2N2/c1-5-7-19(3)15-9-14(12-18)16(10-13(15)11-17)20(4)8-6-2/h9-10H,5-8,11-12H2,1-4H3. The maximum atomic E-state index is 6.15. The predicted octanol–water partition coefficient (Wildman–Crippen LogP) is 4.86. The minimum absolute atomic E-state index is 0.527. The van der Waals surface area contributed by atoms with Crippen molar-refractivity contribution in [3.05, 3.63) is 23.3 Å². The molecule has 20 heavy (non-hydrogen) atoms. The van der Waals surface area contributed by atoms with Gasteiger partial charge >= 0.3 is 0 Å². The highest BCUT2D eigenvalue weighted by Gasteiger charge is 2.14. The molecule has 4 heteroatoms. The molecule has 1 aromatic rings. The molecule has 0 N–H and O–H groups in total. The monoisotopic (exact) mass is 316 g/mol. The summed E-state index contributed by atoms with van der Waals surface area (Å²) in [7, 11) is 4.23. The van der Waals surface area contributed by atoms with Gasteiger partial charge < -0.3 is 9.80 Å². The first-order valence-corrected chi connectivity index (χ1v) is 8.35. The molecule has 0 aliphatic heterocycles. The molecule has 0 aliphatic rings. The maximum Gasteiger partial charge on any atom is 0.0495 e. The fourth-order valence-corrected chi connectivity index (χ4v) is 2.93. The van der Waals surface area contributed by atoms with Gasteiger partial charge in [-0.25, -0.2) is 0 Å². The second kappa shape index (κ2) is 8.63. The van der Waals surface area contributed by atoms with Gasteiger partial charge in [0.2, 0.25) is 0 Å². The Labute approximate surface area is 133 Å². The van der Waals surface area contributed by atoms with E-state index in [9.17, 15) is 0 Å². The molecule has 0 aliphatic carbocycles. The second-order valence-corrected chi connectivity index (χ2v) is 5.75. The van der Waals surface area contributed by atoms with Crippen LogP contribution in [0.25, 0.3) is 0 Å². The van der Waals surface area contributed by atoms with E-state index in [2.05, 4.69) is 49.9 Å². The van der Waals surface area contributed by atoms with Crippen LogP contribution in [0.5, 0.6) is 0 Å². The molecule has 0 unspecified atom stereocenters. The SMILES string of the molecule is CCCN(C)c1cc(CCl)c(N(C)CCC)cc1CCl. The first-order chi connectivity index (χ1) is 9.58. The van der Waals surface area contributed by atoms with Crippen molar-refractivity contribution < 1.29 is 0 Å². The van der Waals surface area contributed by atoms with Gasteiger partial charge in [-0.2, -0.15) is 0 Å². The van der Waals surface area contributed by atoms with Gasteiger partial charge in [-0.1, -0.05) is 13.8 Å². The van der Waals surface area contributed by atoms with Crippen LogP contribution in [0.1, 0.15) is 37.8 Å². The summed E-state index contributed by atoms with van der Waals surface area (Å²) in [5.41, 5.74) is 4.75. The fraction of sp³-hybridized carbons (Fsp3) is 0.625. The third-order valence-electron chi connectivity index (χ3n) is 3.51. The quantitative estimate of drug-likeness (QED) is 0.632. The number of anilines is 2. The molecular weight excluding hydrogens is 291 g/mol. The van der Waals surface area contributed by atoms with Gasteiger partial charge in [0.05, 0.1) is 0 Å². The van der Waals surface area contributed by atoms with Gasteiger partial charge in [-0.3, -0.25) is 0 Å². The number of hydrogen-bond donors (Lipinski definition) is 0. The van der Waals surface area contributed by atoms with Crippen LogP contribution in [0.15, 0.2) is 12.1 Å². The van der Waals surface area contributed by atoms with E-state index in [1.165, 1.54) is 22.5 Å². The Morgan fingerprint density at radius 1 is 0.800 bits per heavy atom. The number of alkyl halides is 2. The molecule has 2 nitrogen and oxygen atoms in total. The molecule has 0 aromatic heterocycles. The Kier molecular flexibility index (Phi) is 7.53. The van der Waals surface area contributed by atoms with Gasteiger partial charge in [0.1, 0.15) is 0 Å². The van der Waals surface area contributed by atoms with Crippen LogP contribution in [0.4, 0.5) is 11.4 Å². The molecule has 0 radical (unpaired) electrons. The van der Waals surface area contributed by atoms with Crippen molar-refractivity contribution in [2.24, 2.45) is 0 Å². The van der Waals surface area contributed by atoms with Crippen molar-refractivity contribution in [3.8, 4) is 0 Å². The van der Waals surface area contributed by atoms with Gasteiger partial charge in [-0.15, -0.1) is 23.2 Å². The van der Waals surface area contributed by atoms with Crippen molar-refractivity contribution in [2.45, 2.75) is 38.4 Å². The fourth-order valence-electron chi connectivity index (χ4n) is 2.50. The molecule has 0 atom stereocenters. The Morgan fingerprint density at radius 3 is 1.40 bits per heavy atom. The first-order valence-electron chi connectivity index (χ1n) is 7.28. The average molecular weight is 317 g/mol. The molecule has 1 rings (SSSR count). The van der Waals surface area contributed by atoms with Gasteiger partial charge in [0, 0.05) is 50.3 Å². The Hall–Kier alpha value is -0.600. The Morgan fingerprint density at radius 2 is 1.15 bits per heavy atom. The Balaban J connectivity index is 3.22. The summed E-state index contributed by atoms with van der Waals surface area (Å²) < 4.78 is 0. The molecule has 0 saturated carbocycles. The summed E-state index contributed by atoms with van der Waals surface area (Å²) in [4.78, 5) is 4.52. The molecule has 0 bridgehead atoms. The zero-order valence-corrected chi connectivity index (χ0v) is 14.6. The lowest BCUT2D eigenvalue weighted by molar-refractivity contribution is 0.838. The molecule has 0 heterocycles. The van der Waals surface area contributed by atoms with E-state index < -0.39 is 0 Å². The van der Waals surface area contributed by atoms with Crippen LogP contribution in [0, 0.1) is 0 Å². The van der Waals surface area contributed by atoms with Crippen LogP contribution in [-0.4, -0.2) is 27.2 Å². The molecule has 0 amide bonds. The van der Waals surface area contributed by atoms with E-state index in [0.717, 1.165) is 25.9 Å². The van der Waals surface area contributed by atoms with E-state index >= 15 is 0 Å². The zero-order valence-electron chi connectivity index (χ0n) is 13.0. The normalized spacial score (nSPS) is 10.7. The lowest BCUT2D eigenvalue weighted by atomic mass is 10.1. The maximum absolute atomic E-state index is 6.15. The van der Waals surface area contributed by atoms with Crippen molar-refractivity contribution in [1.29, 1.82) is 0 Å². The molecule has 0 saturated heterocycles. The van der Waals surface area contributed by atoms with Crippen LogP contribution in [0.2, 0.25) is 0 Å². The number of hydrogen-bond acceptors (Lipinski definition) is 2. The van der Waals surface area contributed by atoms with Crippen LogP contribution in [0.3, 0.4) is 0 Å². The highest BCUT2D eigenvalue weighted by atomic mass is 35.5.